The van der Waals surface area contributed by atoms with Crippen LogP contribution in [-0.2, 0) is 4.79 Å². The van der Waals surface area contributed by atoms with E-state index < -0.39 is 0 Å². The Kier molecular flexibility index (Phi) is 5.27. The van der Waals surface area contributed by atoms with Gasteiger partial charge < -0.3 is 10.2 Å². The van der Waals surface area contributed by atoms with E-state index >= 15 is 0 Å². The fourth-order valence-corrected chi connectivity index (χ4v) is 3.96. The molecule has 0 bridgehead atoms. The molecule has 3 nitrogen and oxygen atoms in total. The zero-order chi connectivity index (χ0) is 16.4. The first kappa shape index (κ1) is 16.8. The normalized spacial score (nSPS) is 26.1. The molecule has 3 unspecified atom stereocenters. The number of carbonyl (C=O) groups is 1. The maximum Gasteiger partial charge on any atom is 0.236 e. The molecule has 2 fully saturated rings. The lowest BCUT2D eigenvalue weighted by molar-refractivity contribution is -0.133. The smallest absolute Gasteiger partial charge is 0.236 e. The summed E-state index contributed by atoms with van der Waals surface area (Å²) >= 11 is 5.99. The highest BCUT2D eigenvalue weighted by Crippen LogP contribution is 2.41. The Balaban J connectivity index is 1.58. The molecule has 126 valence electrons. The Morgan fingerprint density at radius 1 is 1.22 bits per heavy atom. The van der Waals surface area contributed by atoms with E-state index in [1.165, 1.54) is 24.8 Å². The monoisotopic (exact) mass is 334 g/mol. The molecular formula is C19H27ClN2O. The summed E-state index contributed by atoms with van der Waals surface area (Å²) in [7, 11) is 0. The van der Waals surface area contributed by atoms with E-state index in [1.54, 1.807) is 0 Å². The zero-order valence-corrected chi connectivity index (χ0v) is 14.9. The van der Waals surface area contributed by atoms with Crippen molar-refractivity contribution in [2.75, 3.05) is 19.6 Å². The fourth-order valence-electron chi connectivity index (χ4n) is 3.83. The van der Waals surface area contributed by atoms with Crippen molar-refractivity contribution in [3.63, 3.8) is 0 Å². The van der Waals surface area contributed by atoms with Crippen molar-refractivity contribution >= 4 is 17.5 Å². The first-order valence-corrected chi connectivity index (χ1v) is 9.17. The van der Waals surface area contributed by atoms with Crippen molar-refractivity contribution in [1.29, 1.82) is 0 Å². The van der Waals surface area contributed by atoms with E-state index in [1.807, 2.05) is 17.0 Å². The molecule has 2 aliphatic rings. The first-order valence-electron chi connectivity index (χ1n) is 8.79. The summed E-state index contributed by atoms with van der Waals surface area (Å²) in [5.41, 5.74) is 1.24. The Hall–Kier alpha value is -1.06. The molecule has 0 radical (unpaired) electrons. The third-order valence-corrected chi connectivity index (χ3v) is 5.27. The SMILES string of the molecule is CC1CC(C)CN(C(=O)CNC(c2ccc(Cl)cc2)C2CC2)C1. The molecule has 4 heteroatoms. The second kappa shape index (κ2) is 7.23. The van der Waals surface area contributed by atoms with Crippen molar-refractivity contribution < 1.29 is 4.79 Å². The standard InChI is InChI=1S/C19H27ClN2O/c1-13-9-14(2)12-22(11-13)18(23)10-21-19(15-3-4-15)16-5-7-17(20)8-6-16/h5-8,13-15,19,21H,3-4,9-12H2,1-2H3. The molecular weight excluding hydrogens is 308 g/mol. The third-order valence-electron chi connectivity index (χ3n) is 5.02. The summed E-state index contributed by atoms with van der Waals surface area (Å²) in [5.74, 6) is 2.11. The van der Waals surface area contributed by atoms with Gasteiger partial charge in [-0.1, -0.05) is 37.6 Å². The van der Waals surface area contributed by atoms with Crippen LogP contribution in [0.25, 0.3) is 0 Å². The fraction of sp³-hybridized carbons (Fsp3) is 0.632. The van der Waals surface area contributed by atoms with Crippen LogP contribution in [0.5, 0.6) is 0 Å². The van der Waals surface area contributed by atoms with Gasteiger partial charge in [-0.3, -0.25) is 4.79 Å². The quantitative estimate of drug-likeness (QED) is 0.886. The lowest BCUT2D eigenvalue weighted by Crippen LogP contribution is -2.46. The van der Waals surface area contributed by atoms with Crippen molar-refractivity contribution in [2.45, 2.75) is 39.2 Å². The van der Waals surface area contributed by atoms with E-state index in [4.69, 9.17) is 11.6 Å². The molecule has 3 rings (SSSR count). The number of likely N-dealkylation sites (tertiary alicyclic amines) is 1. The number of carbonyl (C=O) groups excluding carboxylic acids is 1. The highest BCUT2D eigenvalue weighted by molar-refractivity contribution is 6.30. The number of hydrogen-bond acceptors (Lipinski definition) is 2. The molecule has 1 aromatic rings. The van der Waals surface area contributed by atoms with Crippen LogP contribution in [0, 0.1) is 17.8 Å². The average Bonchev–Trinajstić information content (AvgIpc) is 3.33. The number of rotatable bonds is 5. The van der Waals surface area contributed by atoms with E-state index in [9.17, 15) is 4.79 Å². The summed E-state index contributed by atoms with van der Waals surface area (Å²) < 4.78 is 0. The van der Waals surface area contributed by atoms with Gasteiger partial charge >= 0.3 is 0 Å². The van der Waals surface area contributed by atoms with Crippen LogP contribution in [0.15, 0.2) is 24.3 Å². The minimum Gasteiger partial charge on any atom is -0.341 e. The molecule has 3 atom stereocenters. The lowest BCUT2D eigenvalue weighted by atomic mass is 9.92. The van der Waals surface area contributed by atoms with Gasteiger partial charge in [0, 0.05) is 24.2 Å². The van der Waals surface area contributed by atoms with Crippen molar-refractivity contribution in [3.8, 4) is 0 Å². The van der Waals surface area contributed by atoms with Crippen molar-refractivity contribution in [2.24, 2.45) is 17.8 Å². The van der Waals surface area contributed by atoms with Crippen LogP contribution in [0.4, 0.5) is 0 Å². The molecule has 1 saturated carbocycles. The van der Waals surface area contributed by atoms with Crippen LogP contribution in [0.1, 0.15) is 44.7 Å². The van der Waals surface area contributed by atoms with Crippen LogP contribution in [0.2, 0.25) is 5.02 Å². The van der Waals surface area contributed by atoms with Gasteiger partial charge in [0.25, 0.3) is 0 Å². The Morgan fingerprint density at radius 2 is 1.83 bits per heavy atom. The number of benzene rings is 1. The summed E-state index contributed by atoms with van der Waals surface area (Å²) in [6.07, 6.45) is 3.71. The number of halogens is 1. The third kappa shape index (κ3) is 4.48. The van der Waals surface area contributed by atoms with Gasteiger partial charge in [0.15, 0.2) is 0 Å². The van der Waals surface area contributed by atoms with Gasteiger partial charge in [-0.2, -0.15) is 0 Å². The minimum absolute atomic E-state index is 0.239. The van der Waals surface area contributed by atoms with Crippen LogP contribution >= 0.6 is 11.6 Å². The number of amides is 1. The summed E-state index contributed by atoms with van der Waals surface area (Å²) in [6, 6.07) is 8.30. The molecule has 1 heterocycles. The Labute approximate surface area is 144 Å². The molecule has 1 N–H and O–H groups in total. The first-order chi connectivity index (χ1) is 11.0. The number of nitrogens with zero attached hydrogens (tertiary/aromatic N) is 1. The van der Waals surface area contributed by atoms with Gasteiger partial charge in [-0.15, -0.1) is 0 Å². The van der Waals surface area contributed by atoms with Gasteiger partial charge in [-0.05, 0) is 54.7 Å². The van der Waals surface area contributed by atoms with Gasteiger partial charge in [0.05, 0.1) is 6.54 Å². The highest BCUT2D eigenvalue weighted by Gasteiger charge is 2.33. The van der Waals surface area contributed by atoms with E-state index in [2.05, 4.69) is 31.3 Å². The van der Waals surface area contributed by atoms with Crippen molar-refractivity contribution in [3.05, 3.63) is 34.9 Å². The second-order valence-electron chi connectivity index (χ2n) is 7.49. The molecule has 1 saturated heterocycles. The Morgan fingerprint density at radius 3 is 2.39 bits per heavy atom. The molecule has 23 heavy (non-hydrogen) atoms. The lowest BCUT2D eigenvalue weighted by Gasteiger charge is -2.35. The van der Waals surface area contributed by atoms with Gasteiger partial charge in [0.2, 0.25) is 5.91 Å². The van der Waals surface area contributed by atoms with Crippen molar-refractivity contribution in [1.82, 2.24) is 10.2 Å². The van der Waals surface area contributed by atoms with E-state index in [-0.39, 0.29) is 11.9 Å². The summed E-state index contributed by atoms with van der Waals surface area (Å²) in [4.78, 5) is 14.6. The summed E-state index contributed by atoms with van der Waals surface area (Å²) in [6.45, 7) is 6.72. The predicted molar refractivity (Wildman–Crippen MR) is 94.4 cm³/mol. The van der Waals surface area contributed by atoms with Crippen LogP contribution in [0.3, 0.4) is 0 Å². The molecule has 1 aromatic carbocycles. The predicted octanol–water partition coefficient (Wildman–Crippen LogP) is 3.89. The maximum atomic E-state index is 12.6. The molecule has 1 aliphatic carbocycles. The van der Waals surface area contributed by atoms with Crippen LogP contribution < -0.4 is 5.32 Å². The Bertz CT molecular complexity index is 531. The number of nitrogens with one attached hydrogen (secondary N) is 1. The largest absolute Gasteiger partial charge is 0.341 e. The number of hydrogen-bond donors (Lipinski definition) is 1. The zero-order valence-electron chi connectivity index (χ0n) is 14.1. The topological polar surface area (TPSA) is 32.3 Å². The molecule has 1 aliphatic heterocycles. The molecule has 0 spiro atoms. The van der Waals surface area contributed by atoms with Crippen LogP contribution in [-0.4, -0.2) is 30.4 Å². The molecule has 1 amide bonds. The van der Waals surface area contributed by atoms with E-state index in [0.29, 0.717) is 24.3 Å². The van der Waals surface area contributed by atoms with Gasteiger partial charge in [-0.25, -0.2) is 0 Å². The van der Waals surface area contributed by atoms with Gasteiger partial charge in [0.1, 0.15) is 0 Å². The highest BCUT2D eigenvalue weighted by atomic mass is 35.5. The summed E-state index contributed by atoms with van der Waals surface area (Å²) in [5, 5.41) is 4.27. The van der Waals surface area contributed by atoms with E-state index in [0.717, 1.165) is 18.1 Å². The average molecular weight is 335 g/mol. The second-order valence-corrected chi connectivity index (χ2v) is 7.93. The minimum atomic E-state index is 0.239. The maximum absolute atomic E-state index is 12.6. The number of piperidine rings is 1. The molecule has 0 aromatic heterocycles.